The monoisotopic (exact) mass is 219 g/mol. The van der Waals surface area contributed by atoms with Crippen molar-refractivity contribution in [2.75, 3.05) is 5.73 Å². The maximum Gasteiger partial charge on any atom is 0.146 e. The summed E-state index contributed by atoms with van der Waals surface area (Å²) >= 11 is 0. The van der Waals surface area contributed by atoms with Gasteiger partial charge < -0.3 is 5.73 Å². The van der Waals surface area contributed by atoms with Crippen molar-refractivity contribution in [3.63, 3.8) is 0 Å². The van der Waals surface area contributed by atoms with Crippen molar-refractivity contribution in [1.82, 2.24) is 0 Å². The fourth-order valence-corrected chi connectivity index (χ4v) is 1.68. The number of halogens is 2. The summed E-state index contributed by atoms with van der Waals surface area (Å²) in [5, 5.41) is 0. The molecule has 0 radical (unpaired) electrons. The molecule has 0 aromatic heterocycles. The Bertz CT molecular complexity index is 515. The average molecular weight is 219 g/mol. The molecule has 0 heterocycles. The molecule has 2 N–H and O–H groups in total. The Kier molecular flexibility index (Phi) is 2.60. The van der Waals surface area contributed by atoms with Gasteiger partial charge >= 0.3 is 0 Å². The lowest BCUT2D eigenvalue weighted by atomic mass is 10.0. The van der Waals surface area contributed by atoms with Crippen LogP contribution in [0.3, 0.4) is 0 Å². The molecule has 0 bridgehead atoms. The molecule has 0 fully saturated rings. The second kappa shape index (κ2) is 3.93. The Labute approximate surface area is 92.5 Å². The van der Waals surface area contributed by atoms with E-state index >= 15 is 0 Å². The molecule has 0 amide bonds. The van der Waals surface area contributed by atoms with Crippen molar-refractivity contribution in [3.05, 3.63) is 53.6 Å². The van der Waals surface area contributed by atoms with Crippen molar-refractivity contribution in [3.8, 4) is 11.1 Å². The molecule has 2 rings (SSSR count). The SMILES string of the molecule is Cc1cc(F)cc(-c2cccc(F)c2N)c1. The molecule has 0 saturated heterocycles. The van der Waals surface area contributed by atoms with E-state index in [1.807, 2.05) is 0 Å². The van der Waals surface area contributed by atoms with Gasteiger partial charge in [0, 0.05) is 5.56 Å². The molecular formula is C13H11F2N. The van der Waals surface area contributed by atoms with Gasteiger partial charge in [0.05, 0.1) is 5.69 Å². The van der Waals surface area contributed by atoms with Gasteiger partial charge in [0.15, 0.2) is 0 Å². The predicted octanol–water partition coefficient (Wildman–Crippen LogP) is 3.52. The number of benzene rings is 2. The first kappa shape index (κ1) is 10.6. The van der Waals surface area contributed by atoms with Crippen molar-refractivity contribution >= 4 is 5.69 Å². The normalized spacial score (nSPS) is 10.4. The van der Waals surface area contributed by atoms with Crippen molar-refractivity contribution < 1.29 is 8.78 Å². The summed E-state index contributed by atoms with van der Waals surface area (Å²) in [6.07, 6.45) is 0. The van der Waals surface area contributed by atoms with E-state index in [0.717, 1.165) is 5.56 Å². The summed E-state index contributed by atoms with van der Waals surface area (Å²) in [6.45, 7) is 1.78. The minimum atomic E-state index is -0.487. The number of hydrogen-bond donors (Lipinski definition) is 1. The van der Waals surface area contributed by atoms with E-state index in [1.165, 1.54) is 18.2 Å². The highest BCUT2D eigenvalue weighted by Crippen LogP contribution is 2.28. The van der Waals surface area contributed by atoms with Crippen LogP contribution >= 0.6 is 0 Å². The third kappa shape index (κ3) is 1.89. The third-order valence-electron chi connectivity index (χ3n) is 2.41. The first-order chi connectivity index (χ1) is 7.58. The van der Waals surface area contributed by atoms with Gasteiger partial charge in [0.2, 0.25) is 0 Å². The fraction of sp³-hybridized carbons (Fsp3) is 0.0769. The molecule has 1 nitrogen and oxygen atoms in total. The van der Waals surface area contributed by atoms with Gasteiger partial charge in [0.25, 0.3) is 0 Å². The molecule has 0 atom stereocenters. The predicted molar refractivity (Wildman–Crippen MR) is 60.9 cm³/mol. The lowest BCUT2D eigenvalue weighted by Crippen LogP contribution is -1.94. The Morgan fingerprint density at radius 3 is 2.50 bits per heavy atom. The van der Waals surface area contributed by atoms with Gasteiger partial charge in [0.1, 0.15) is 11.6 Å². The smallest absolute Gasteiger partial charge is 0.146 e. The molecule has 0 saturated carbocycles. The van der Waals surface area contributed by atoms with E-state index in [0.29, 0.717) is 11.1 Å². The lowest BCUT2D eigenvalue weighted by molar-refractivity contribution is 0.626. The molecule has 16 heavy (non-hydrogen) atoms. The minimum Gasteiger partial charge on any atom is -0.396 e. The van der Waals surface area contributed by atoms with E-state index in [2.05, 4.69) is 0 Å². The molecule has 0 aliphatic rings. The van der Waals surface area contributed by atoms with Crippen molar-refractivity contribution in [1.29, 1.82) is 0 Å². The van der Waals surface area contributed by atoms with E-state index in [1.54, 1.807) is 25.1 Å². The number of aryl methyl sites for hydroxylation is 1. The molecule has 3 heteroatoms. The van der Waals surface area contributed by atoms with Crippen LogP contribution in [0.25, 0.3) is 11.1 Å². The quantitative estimate of drug-likeness (QED) is 0.729. The zero-order valence-corrected chi connectivity index (χ0v) is 8.80. The molecular weight excluding hydrogens is 208 g/mol. The van der Waals surface area contributed by atoms with E-state index in [-0.39, 0.29) is 11.5 Å². The molecule has 0 unspecified atom stereocenters. The molecule has 0 spiro atoms. The number of nitrogen functional groups attached to an aromatic ring is 1. The maximum atomic E-state index is 13.2. The molecule has 0 aliphatic heterocycles. The van der Waals surface area contributed by atoms with Crippen LogP contribution in [0.1, 0.15) is 5.56 Å². The average Bonchev–Trinajstić information content (AvgIpc) is 2.20. The van der Waals surface area contributed by atoms with E-state index < -0.39 is 5.82 Å². The highest BCUT2D eigenvalue weighted by molar-refractivity contribution is 5.76. The van der Waals surface area contributed by atoms with Gasteiger partial charge in [-0.05, 0) is 36.2 Å². The Morgan fingerprint density at radius 2 is 1.81 bits per heavy atom. The number of nitrogens with two attached hydrogens (primary N) is 1. The number of anilines is 1. The standard InChI is InChI=1S/C13H11F2N/c1-8-5-9(7-10(14)6-8)11-3-2-4-12(15)13(11)16/h2-7H,16H2,1H3. The molecule has 0 aliphatic carbocycles. The van der Waals surface area contributed by atoms with Crippen LogP contribution in [0.5, 0.6) is 0 Å². The molecule has 2 aromatic rings. The summed E-state index contributed by atoms with van der Waals surface area (Å²) in [5.74, 6) is -0.835. The summed E-state index contributed by atoms with van der Waals surface area (Å²) in [4.78, 5) is 0. The summed E-state index contributed by atoms with van der Waals surface area (Å²) in [7, 11) is 0. The van der Waals surface area contributed by atoms with Gasteiger partial charge in [-0.3, -0.25) is 0 Å². The second-order valence-corrected chi connectivity index (χ2v) is 3.72. The fourth-order valence-electron chi connectivity index (χ4n) is 1.68. The summed E-state index contributed by atoms with van der Waals surface area (Å²) in [5.41, 5.74) is 7.55. The van der Waals surface area contributed by atoms with Crippen LogP contribution in [0, 0.1) is 18.6 Å². The first-order valence-corrected chi connectivity index (χ1v) is 4.89. The Balaban J connectivity index is 2.63. The van der Waals surface area contributed by atoms with Crippen LogP contribution in [0.4, 0.5) is 14.5 Å². The summed E-state index contributed by atoms with van der Waals surface area (Å²) in [6, 6.07) is 9.05. The van der Waals surface area contributed by atoms with Crippen LogP contribution in [-0.2, 0) is 0 Å². The third-order valence-corrected chi connectivity index (χ3v) is 2.41. The van der Waals surface area contributed by atoms with Crippen LogP contribution in [0.2, 0.25) is 0 Å². The van der Waals surface area contributed by atoms with Gasteiger partial charge in [-0.25, -0.2) is 8.78 Å². The topological polar surface area (TPSA) is 26.0 Å². The molecule has 82 valence electrons. The zero-order chi connectivity index (χ0) is 11.7. The Morgan fingerprint density at radius 1 is 1.06 bits per heavy atom. The largest absolute Gasteiger partial charge is 0.396 e. The number of rotatable bonds is 1. The van der Waals surface area contributed by atoms with E-state index in [9.17, 15) is 8.78 Å². The Hall–Kier alpha value is -1.90. The highest BCUT2D eigenvalue weighted by Gasteiger charge is 2.08. The van der Waals surface area contributed by atoms with E-state index in [4.69, 9.17) is 5.73 Å². The minimum absolute atomic E-state index is 0.0486. The van der Waals surface area contributed by atoms with Gasteiger partial charge in [-0.2, -0.15) is 0 Å². The van der Waals surface area contributed by atoms with Crippen LogP contribution < -0.4 is 5.73 Å². The highest BCUT2D eigenvalue weighted by atomic mass is 19.1. The number of hydrogen-bond acceptors (Lipinski definition) is 1. The van der Waals surface area contributed by atoms with Crippen LogP contribution in [0.15, 0.2) is 36.4 Å². The number of para-hydroxylation sites is 1. The molecule has 2 aromatic carbocycles. The summed E-state index contributed by atoms with van der Waals surface area (Å²) < 4.78 is 26.5. The first-order valence-electron chi connectivity index (χ1n) is 4.89. The maximum absolute atomic E-state index is 13.2. The second-order valence-electron chi connectivity index (χ2n) is 3.72. The lowest BCUT2D eigenvalue weighted by Gasteiger charge is -2.07. The van der Waals surface area contributed by atoms with Crippen molar-refractivity contribution in [2.45, 2.75) is 6.92 Å². The zero-order valence-electron chi connectivity index (χ0n) is 8.80. The van der Waals surface area contributed by atoms with Gasteiger partial charge in [-0.1, -0.05) is 18.2 Å². The van der Waals surface area contributed by atoms with Crippen LogP contribution in [-0.4, -0.2) is 0 Å². The van der Waals surface area contributed by atoms with Crippen molar-refractivity contribution in [2.24, 2.45) is 0 Å². The van der Waals surface area contributed by atoms with Gasteiger partial charge in [-0.15, -0.1) is 0 Å².